The Morgan fingerprint density at radius 2 is 1.89 bits per heavy atom. The number of likely N-dealkylation sites (N-methyl/N-ethyl adjacent to an activating group) is 1. The number of rotatable bonds is 5. The zero-order valence-corrected chi connectivity index (χ0v) is 12.8. The second-order valence-corrected chi connectivity index (χ2v) is 5.22. The molecular weight excluding hydrogens is 238 g/mol. The molecule has 0 fully saturated rings. The number of hydrogen-bond acceptors (Lipinski definition) is 3. The van der Waals surface area contributed by atoms with Crippen molar-refractivity contribution in [1.82, 2.24) is 4.90 Å². The molecule has 0 aliphatic rings. The van der Waals surface area contributed by atoms with Gasteiger partial charge in [0.25, 0.3) is 0 Å². The van der Waals surface area contributed by atoms with Crippen LogP contribution in [0.25, 0.3) is 0 Å². The number of benzene rings is 1. The van der Waals surface area contributed by atoms with Gasteiger partial charge in [-0.25, -0.2) is 0 Å². The molecule has 1 atom stereocenters. The van der Waals surface area contributed by atoms with Crippen molar-refractivity contribution in [2.45, 2.75) is 26.3 Å². The quantitative estimate of drug-likeness (QED) is 0.885. The van der Waals surface area contributed by atoms with Crippen molar-refractivity contribution in [1.29, 1.82) is 0 Å². The molecule has 0 bridgehead atoms. The first-order chi connectivity index (χ1) is 8.88. The summed E-state index contributed by atoms with van der Waals surface area (Å²) in [5.41, 5.74) is 3.10. The Labute approximate surface area is 116 Å². The van der Waals surface area contributed by atoms with E-state index in [0.29, 0.717) is 0 Å². The van der Waals surface area contributed by atoms with E-state index in [1.807, 2.05) is 70.0 Å². The number of carbonyl (C=O) groups is 1. The summed E-state index contributed by atoms with van der Waals surface area (Å²) >= 11 is 0. The summed E-state index contributed by atoms with van der Waals surface area (Å²) < 4.78 is 0. The standard InChI is InChI=1S/C15H25N3O/c1-7-13(17(3)4)15(19)16-12-9-8-10-14(11(12)2)18(5)6/h8-10,13H,7H2,1-6H3,(H,16,19)/t13-/m1/s1. The molecule has 1 rings (SSSR count). The second-order valence-electron chi connectivity index (χ2n) is 5.22. The van der Waals surface area contributed by atoms with E-state index in [1.54, 1.807) is 0 Å². The molecule has 4 nitrogen and oxygen atoms in total. The third kappa shape index (κ3) is 3.70. The number of carbonyl (C=O) groups excluding carboxylic acids is 1. The van der Waals surface area contributed by atoms with Crippen LogP contribution in [0.5, 0.6) is 0 Å². The fourth-order valence-corrected chi connectivity index (χ4v) is 2.24. The van der Waals surface area contributed by atoms with E-state index in [0.717, 1.165) is 23.4 Å². The predicted molar refractivity (Wildman–Crippen MR) is 81.9 cm³/mol. The van der Waals surface area contributed by atoms with Crippen molar-refractivity contribution in [2.75, 3.05) is 38.4 Å². The van der Waals surface area contributed by atoms with Crippen molar-refractivity contribution < 1.29 is 4.79 Å². The molecule has 0 aromatic heterocycles. The van der Waals surface area contributed by atoms with Crippen LogP contribution in [-0.2, 0) is 4.79 Å². The fraction of sp³-hybridized carbons (Fsp3) is 0.533. The molecule has 0 aliphatic heterocycles. The summed E-state index contributed by atoms with van der Waals surface area (Å²) in [7, 11) is 7.86. The monoisotopic (exact) mass is 263 g/mol. The maximum Gasteiger partial charge on any atom is 0.241 e. The van der Waals surface area contributed by atoms with Crippen LogP contribution in [0.4, 0.5) is 11.4 Å². The first kappa shape index (κ1) is 15.5. The van der Waals surface area contributed by atoms with Crippen LogP contribution >= 0.6 is 0 Å². The molecule has 4 heteroatoms. The van der Waals surface area contributed by atoms with Gasteiger partial charge >= 0.3 is 0 Å². The van der Waals surface area contributed by atoms with E-state index < -0.39 is 0 Å². The highest BCUT2D eigenvalue weighted by Gasteiger charge is 2.19. The minimum atomic E-state index is -0.0950. The van der Waals surface area contributed by atoms with Crippen molar-refractivity contribution in [3.63, 3.8) is 0 Å². The van der Waals surface area contributed by atoms with Gasteiger partial charge in [0.15, 0.2) is 0 Å². The third-order valence-electron chi connectivity index (χ3n) is 3.36. The van der Waals surface area contributed by atoms with Crippen LogP contribution < -0.4 is 10.2 Å². The van der Waals surface area contributed by atoms with Crippen molar-refractivity contribution >= 4 is 17.3 Å². The number of amides is 1. The fourth-order valence-electron chi connectivity index (χ4n) is 2.24. The van der Waals surface area contributed by atoms with Crippen LogP contribution in [-0.4, -0.2) is 45.0 Å². The second kappa shape index (κ2) is 6.57. The molecule has 0 saturated carbocycles. The average Bonchev–Trinajstić information content (AvgIpc) is 2.31. The molecule has 1 amide bonds. The molecular formula is C15H25N3O. The largest absolute Gasteiger partial charge is 0.377 e. The first-order valence-electron chi connectivity index (χ1n) is 6.62. The molecule has 0 unspecified atom stereocenters. The molecule has 0 saturated heterocycles. The summed E-state index contributed by atoms with van der Waals surface area (Å²) in [6.45, 7) is 4.05. The van der Waals surface area contributed by atoms with Gasteiger partial charge in [0.2, 0.25) is 5.91 Å². The van der Waals surface area contributed by atoms with Crippen LogP contribution in [0, 0.1) is 6.92 Å². The van der Waals surface area contributed by atoms with E-state index in [1.165, 1.54) is 0 Å². The van der Waals surface area contributed by atoms with E-state index in [2.05, 4.69) is 5.32 Å². The van der Waals surface area contributed by atoms with Gasteiger partial charge in [0.05, 0.1) is 6.04 Å². The minimum Gasteiger partial charge on any atom is -0.377 e. The van der Waals surface area contributed by atoms with E-state index in [4.69, 9.17) is 0 Å². The van der Waals surface area contributed by atoms with Crippen LogP contribution in [0.3, 0.4) is 0 Å². The predicted octanol–water partition coefficient (Wildman–Crippen LogP) is 2.34. The third-order valence-corrected chi connectivity index (χ3v) is 3.36. The minimum absolute atomic E-state index is 0.0477. The summed E-state index contributed by atoms with van der Waals surface area (Å²) in [5, 5.41) is 3.03. The highest BCUT2D eigenvalue weighted by atomic mass is 16.2. The molecule has 1 aromatic carbocycles. The normalized spacial score (nSPS) is 12.4. The lowest BCUT2D eigenvalue weighted by molar-refractivity contribution is -0.120. The Hall–Kier alpha value is -1.55. The molecule has 0 heterocycles. The SMILES string of the molecule is CC[C@H](C(=O)Nc1cccc(N(C)C)c1C)N(C)C. The maximum absolute atomic E-state index is 12.3. The number of anilines is 2. The van der Waals surface area contributed by atoms with Crippen LogP contribution in [0.15, 0.2) is 18.2 Å². The number of nitrogens with one attached hydrogen (secondary N) is 1. The van der Waals surface area contributed by atoms with E-state index in [9.17, 15) is 4.79 Å². The van der Waals surface area contributed by atoms with Gasteiger partial charge in [-0.3, -0.25) is 9.69 Å². The van der Waals surface area contributed by atoms with Crippen LogP contribution in [0.1, 0.15) is 18.9 Å². The Kier molecular flexibility index (Phi) is 5.36. The van der Waals surface area contributed by atoms with Gasteiger partial charge in [-0.2, -0.15) is 0 Å². The number of hydrogen-bond donors (Lipinski definition) is 1. The van der Waals surface area contributed by atoms with E-state index in [-0.39, 0.29) is 11.9 Å². The topological polar surface area (TPSA) is 35.6 Å². The summed E-state index contributed by atoms with van der Waals surface area (Å²) in [5.74, 6) is 0.0477. The Morgan fingerprint density at radius 3 is 2.37 bits per heavy atom. The molecule has 1 aromatic rings. The van der Waals surface area contributed by atoms with Gasteiger partial charge in [0.1, 0.15) is 0 Å². The Morgan fingerprint density at radius 1 is 1.26 bits per heavy atom. The molecule has 0 radical (unpaired) electrons. The zero-order chi connectivity index (χ0) is 14.6. The van der Waals surface area contributed by atoms with Gasteiger partial charge in [-0.05, 0) is 45.1 Å². The summed E-state index contributed by atoms with van der Waals surface area (Å²) in [4.78, 5) is 16.2. The molecule has 0 spiro atoms. The number of nitrogens with zero attached hydrogens (tertiary/aromatic N) is 2. The zero-order valence-electron chi connectivity index (χ0n) is 12.8. The van der Waals surface area contributed by atoms with Crippen molar-refractivity contribution in [3.05, 3.63) is 23.8 Å². The Bertz CT molecular complexity index is 441. The van der Waals surface area contributed by atoms with Crippen molar-refractivity contribution in [2.24, 2.45) is 0 Å². The van der Waals surface area contributed by atoms with E-state index >= 15 is 0 Å². The lowest BCUT2D eigenvalue weighted by atomic mass is 10.1. The molecule has 1 N–H and O–H groups in total. The molecule has 106 valence electrons. The van der Waals surface area contributed by atoms with Gasteiger partial charge in [-0.1, -0.05) is 13.0 Å². The first-order valence-corrected chi connectivity index (χ1v) is 6.62. The maximum atomic E-state index is 12.3. The molecule has 0 aliphatic carbocycles. The van der Waals surface area contributed by atoms with Crippen molar-refractivity contribution in [3.8, 4) is 0 Å². The lowest BCUT2D eigenvalue weighted by Gasteiger charge is -2.23. The van der Waals surface area contributed by atoms with Gasteiger partial charge in [0, 0.05) is 25.5 Å². The summed E-state index contributed by atoms with van der Waals surface area (Å²) in [6, 6.07) is 5.87. The molecule has 19 heavy (non-hydrogen) atoms. The van der Waals surface area contributed by atoms with Crippen LogP contribution in [0.2, 0.25) is 0 Å². The van der Waals surface area contributed by atoms with Gasteiger partial charge < -0.3 is 10.2 Å². The summed E-state index contributed by atoms with van der Waals surface area (Å²) in [6.07, 6.45) is 0.797. The Balaban J connectivity index is 2.94. The lowest BCUT2D eigenvalue weighted by Crippen LogP contribution is -2.39. The smallest absolute Gasteiger partial charge is 0.241 e. The average molecular weight is 263 g/mol. The van der Waals surface area contributed by atoms with Gasteiger partial charge in [-0.15, -0.1) is 0 Å². The highest BCUT2D eigenvalue weighted by molar-refractivity contribution is 5.96. The highest BCUT2D eigenvalue weighted by Crippen LogP contribution is 2.25.